The normalized spacial score (nSPS) is 11.8. The van der Waals surface area contributed by atoms with Gasteiger partial charge in [0.2, 0.25) is 0 Å². The fourth-order valence-corrected chi connectivity index (χ4v) is 3.50. The summed E-state index contributed by atoms with van der Waals surface area (Å²) in [6.07, 6.45) is 4.84. The molecule has 0 fully saturated rings. The van der Waals surface area contributed by atoms with Crippen LogP contribution in [0.3, 0.4) is 0 Å². The second-order valence-corrected chi connectivity index (χ2v) is 8.15. The topological polar surface area (TPSA) is 97.5 Å². The first kappa shape index (κ1) is 19.9. The van der Waals surface area contributed by atoms with Crippen molar-refractivity contribution in [2.24, 2.45) is 0 Å². The minimum absolute atomic E-state index is 0.673. The van der Waals surface area contributed by atoms with E-state index in [1.54, 1.807) is 18.4 Å². The van der Waals surface area contributed by atoms with Gasteiger partial charge in [0.1, 0.15) is 30.0 Å². The van der Waals surface area contributed by atoms with Crippen LogP contribution in [-0.4, -0.2) is 29.7 Å². The van der Waals surface area contributed by atoms with E-state index in [9.17, 15) is 5.11 Å². The van der Waals surface area contributed by atoms with Gasteiger partial charge in [0, 0.05) is 23.3 Å². The number of ether oxygens (including phenoxy) is 1. The van der Waals surface area contributed by atoms with Crippen molar-refractivity contribution in [2.45, 2.75) is 26.4 Å². The molecule has 0 spiro atoms. The van der Waals surface area contributed by atoms with Crippen LogP contribution in [-0.2, 0) is 5.60 Å². The van der Waals surface area contributed by atoms with Gasteiger partial charge in [-0.05, 0) is 68.3 Å². The van der Waals surface area contributed by atoms with Crippen molar-refractivity contribution in [1.82, 2.24) is 24.6 Å². The van der Waals surface area contributed by atoms with Gasteiger partial charge in [0.15, 0.2) is 5.65 Å². The number of aryl methyl sites for hydroxylation is 1. The number of pyridine rings is 1. The maximum absolute atomic E-state index is 10.4. The molecule has 8 heteroatoms. The van der Waals surface area contributed by atoms with E-state index < -0.39 is 5.60 Å². The highest BCUT2D eigenvalue weighted by molar-refractivity contribution is 5.91. The summed E-state index contributed by atoms with van der Waals surface area (Å²) < 4.78 is 7.74. The van der Waals surface area contributed by atoms with E-state index in [4.69, 9.17) is 4.74 Å². The van der Waals surface area contributed by atoms with Gasteiger partial charge in [0.25, 0.3) is 0 Å². The fourth-order valence-electron chi connectivity index (χ4n) is 3.50. The molecular weight excluding hydrogens is 404 g/mol. The number of aliphatic hydroxyl groups is 1. The lowest BCUT2D eigenvalue weighted by Crippen LogP contribution is -2.15. The Labute approximate surface area is 184 Å². The predicted molar refractivity (Wildman–Crippen MR) is 122 cm³/mol. The van der Waals surface area contributed by atoms with Crippen molar-refractivity contribution < 1.29 is 9.84 Å². The number of fused-ring (bicyclic) bond motifs is 2. The SMILES string of the molecule is Cc1cc(Nc2ncnc3ccc(C(C)(C)O)cc23)ccc1Oc1ccn2ncnc2c1. The number of aromatic nitrogens is 5. The molecule has 2 aromatic carbocycles. The summed E-state index contributed by atoms with van der Waals surface area (Å²) >= 11 is 0. The molecule has 0 saturated heterocycles. The van der Waals surface area contributed by atoms with Crippen molar-refractivity contribution in [3.8, 4) is 11.5 Å². The fraction of sp³-hybridized carbons (Fsp3) is 0.167. The molecule has 0 saturated carbocycles. The van der Waals surface area contributed by atoms with Crippen LogP contribution in [0.5, 0.6) is 11.5 Å². The number of rotatable bonds is 5. The molecule has 32 heavy (non-hydrogen) atoms. The summed E-state index contributed by atoms with van der Waals surface area (Å²) in [5.74, 6) is 2.11. The molecule has 0 radical (unpaired) electrons. The van der Waals surface area contributed by atoms with Gasteiger partial charge in [-0.1, -0.05) is 6.07 Å². The minimum Gasteiger partial charge on any atom is -0.457 e. The number of nitrogens with one attached hydrogen (secondary N) is 1. The summed E-state index contributed by atoms with van der Waals surface area (Å²) in [6, 6.07) is 15.2. The molecule has 0 aliphatic carbocycles. The average molecular weight is 426 g/mol. The molecule has 0 atom stereocenters. The van der Waals surface area contributed by atoms with E-state index in [2.05, 4.69) is 25.4 Å². The van der Waals surface area contributed by atoms with E-state index in [0.717, 1.165) is 39.1 Å². The van der Waals surface area contributed by atoms with E-state index in [1.807, 2.05) is 61.7 Å². The number of hydrogen-bond acceptors (Lipinski definition) is 7. The van der Waals surface area contributed by atoms with Crippen molar-refractivity contribution in [3.05, 3.63) is 78.5 Å². The largest absolute Gasteiger partial charge is 0.457 e. The average Bonchev–Trinajstić information content (AvgIpc) is 3.23. The van der Waals surface area contributed by atoms with E-state index in [1.165, 1.54) is 12.7 Å². The maximum atomic E-state index is 10.4. The molecule has 0 bridgehead atoms. The lowest BCUT2D eigenvalue weighted by atomic mass is 9.97. The highest BCUT2D eigenvalue weighted by Gasteiger charge is 2.17. The first-order chi connectivity index (χ1) is 15.4. The Morgan fingerprint density at radius 1 is 0.969 bits per heavy atom. The molecule has 3 heterocycles. The number of nitrogens with zero attached hydrogens (tertiary/aromatic N) is 5. The highest BCUT2D eigenvalue weighted by Crippen LogP contribution is 2.31. The van der Waals surface area contributed by atoms with E-state index in [-0.39, 0.29) is 0 Å². The summed E-state index contributed by atoms with van der Waals surface area (Å²) in [5.41, 5.74) is 3.21. The summed E-state index contributed by atoms with van der Waals surface area (Å²) in [4.78, 5) is 12.9. The standard InChI is InChI=1S/C24H22N6O2/c1-15-10-17(5-7-21(15)32-18-8-9-30-22(12-18)26-14-28-30)29-23-19-11-16(24(2,3)31)4-6-20(19)25-13-27-23/h4-14,31H,1-3H3,(H,25,27,29). The Kier molecular flexibility index (Phi) is 4.71. The van der Waals surface area contributed by atoms with Gasteiger partial charge >= 0.3 is 0 Å². The number of benzene rings is 2. The summed E-state index contributed by atoms with van der Waals surface area (Å²) in [5, 5.41) is 18.7. The summed E-state index contributed by atoms with van der Waals surface area (Å²) in [6.45, 7) is 5.50. The van der Waals surface area contributed by atoms with Crippen molar-refractivity contribution in [2.75, 3.05) is 5.32 Å². The molecule has 2 N–H and O–H groups in total. The Bertz CT molecular complexity index is 1440. The Balaban J connectivity index is 1.42. The van der Waals surface area contributed by atoms with Crippen LogP contribution in [0.2, 0.25) is 0 Å². The Morgan fingerprint density at radius 2 is 1.84 bits per heavy atom. The second kappa shape index (κ2) is 7.58. The lowest BCUT2D eigenvalue weighted by Gasteiger charge is -2.19. The molecule has 0 amide bonds. The van der Waals surface area contributed by atoms with Crippen molar-refractivity contribution in [1.29, 1.82) is 0 Å². The summed E-state index contributed by atoms with van der Waals surface area (Å²) in [7, 11) is 0. The zero-order chi connectivity index (χ0) is 22.3. The van der Waals surface area contributed by atoms with E-state index in [0.29, 0.717) is 11.6 Å². The van der Waals surface area contributed by atoms with Crippen molar-refractivity contribution >= 4 is 28.1 Å². The van der Waals surface area contributed by atoms with Gasteiger partial charge in [0.05, 0.1) is 11.1 Å². The van der Waals surface area contributed by atoms with E-state index >= 15 is 0 Å². The van der Waals surface area contributed by atoms with Gasteiger partial charge in [-0.2, -0.15) is 5.10 Å². The van der Waals surface area contributed by atoms with Gasteiger partial charge in [-0.25, -0.2) is 19.5 Å². The smallest absolute Gasteiger partial charge is 0.158 e. The van der Waals surface area contributed by atoms with Crippen LogP contribution in [0.1, 0.15) is 25.0 Å². The van der Waals surface area contributed by atoms with Gasteiger partial charge < -0.3 is 15.2 Å². The van der Waals surface area contributed by atoms with Crippen LogP contribution >= 0.6 is 0 Å². The first-order valence-electron chi connectivity index (χ1n) is 10.2. The maximum Gasteiger partial charge on any atom is 0.158 e. The molecule has 3 aromatic heterocycles. The highest BCUT2D eigenvalue weighted by atomic mass is 16.5. The van der Waals surface area contributed by atoms with Crippen LogP contribution in [0.4, 0.5) is 11.5 Å². The number of anilines is 2. The van der Waals surface area contributed by atoms with Gasteiger partial charge in [-0.15, -0.1) is 0 Å². The molecule has 160 valence electrons. The Hall–Kier alpha value is -4.04. The second-order valence-electron chi connectivity index (χ2n) is 8.15. The van der Waals surface area contributed by atoms with Crippen molar-refractivity contribution in [3.63, 3.8) is 0 Å². The third-order valence-electron chi connectivity index (χ3n) is 5.26. The third-order valence-corrected chi connectivity index (χ3v) is 5.26. The van der Waals surface area contributed by atoms with Gasteiger partial charge in [-0.3, -0.25) is 0 Å². The van der Waals surface area contributed by atoms with Crippen LogP contribution in [0.15, 0.2) is 67.4 Å². The zero-order valence-electron chi connectivity index (χ0n) is 17.9. The molecule has 0 aliphatic rings. The molecule has 0 aliphatic heterocycles. The quantitative estimate of drug-likeness (QED) is 0.419. The molecular formula is C24H22N6O2. The predicted octanol–water partition coefficient (Wildman–Crippen LogP) is 4.74. The Morgan fingerprint density at radius 3 is 2.66 bits per heavy atom. The number of hydrogen-bond donors (Lipinski definition) is 2. The minimum atomic E-state index is -0.952. The molecule has 5 aromatic rings. The lowest BCUT2D eigenvalue weighted by molar-refractivity contribution is 0.0787. The zero-order valence-corrected chi connectivity index (χ0v) is 17.9. The first-order valence-corrected chi connectivity index (χ1v) is 10.2. The molecule has 0 unspecified atom stereocenters. The monoisotopic (exact) mass is 426 g/mol. The van der Waals surface area contributed by atoms with Crippen LogP contribution in [0.25, 0.3) is 16.6 Å². The van der Waals surface area contributed by atoms with Crippen LogP contribution < -0.4 is 10.1 Å². The van der Waals surface area contributed by atoms with Crippen LogP contribution in [0, 0.1) is 6.92 Å². The third kappa shape index (κ3) is 3.83. The molecule has 8 nitrogen and oxygen atoms in total. The molecule has 5 rings (SSSR count).